The van der Waals surface area contributed by atoms with Crippen LogP contribution in [0.5, 0.6) is 0 Å². The van der Waals surface area contributed by atoms with E-state index in [1.54, 1.807) is 0 Å². The number of nitrogens with zero attached hydrogens (tertiary/aromatic N) is 3. The van der Waals surface area contributed by atoms with Crippen LogP contribution < -0.4 is 0 Å². The van der Waals surface area contributed by atoms with Gasteiger partial charge in [-0.2, -0.15) is 0 Å². The molecule has 0 bridgehead atoms. The van der Waals surface area contributed by atoms with E-state index in [0.717, 1.165) is 25.0 Å². The zero-order valence-electron chi connectivity index (χ0n) is 13.0. The monoisotopic (exact) mass is 281 g/mol. The first kappa shape index (κ1) is 14.8. The van der Waals surface area contributed by atoms with Gasteiger partial charge in [0.1, 0.15) is 0 Å². The van der Waals surface area contributed by atoms with Crippen molar-refractivity contribution in [2.75, 3.05) is 46.3 Å². The highest BCUT2D eigenvalue weighted by Gasteiger charge is 2.31. The third-order valence-electron chi connectivity index (χ3n) is 5.65. The number of aliphatic hydroxyl groups excluding tert-OH is 1. The molecule has 20 heavy (non-hydrogen) atoms. The summed E-state index contributed by atoms with van der Waals surface area (Å²) in [4.78, 5) is 7.75. The van der Waals surface area contributed by atoms with E-state index in [1.165, 1.54) is 64.8 Å². The summed E-state index contributed by atoms with van der Waals surface area (Å²) in [6.07, 6.45) is 7.42. The van der Waals surface area contributed by atoms with Crippen LogP contribution in [0.3, 0.4) is 0 Å². The Morgan fingerprint density at radius 3 is 2.00 bits per heavy atom. The molecule has 3 saturated heterocycles. The maximum Gasteiger partial charge on any atom is 0.0667 e. The smallest absolute Gasteiger partial charge is 0.0667 e. The van der Waals surface area contributed by atoms with Crippen LogP contribution in [0.2, 0.25) is 0 Å². The average molecular weight is 281 g/mol. The molecule has 3 rings (SSSR count). The molecule has 3 heterocycles. The molecule has 4 nitrogen and oxygen atoms in total. The van der Waals surface area contributed by atoms with Crippen molar-refractivity contribution in [3.05, 3.63) is 0 Å². The molecule has 0 aromatic heterocycles. The molecule has 116 valence electrons. The van der Waals surface area contributed by atoms with E-state index in [9.17, 15) is 5.11 Å². The molecule has 3 aliphatic rings. The van der Waals surface area contributed by atoms with Crippen molar-refractivity contribution in [1.82, 2.24) is 14.7 Å². The first-order valence-corrected chi connectivity index (χ1v) is 8.57. The molecule has 3 fully saturated rings. The number of hydrogen-bond acceptors (Lipinski definition) is 4. The van der Waals surface area contributed by atoms with Crippen LogP contribution >= 0.6 is 0 Å². The normalized spacial score (nSPS) is 33.6. The molecule has 0 aromatic carbocycles. The lowest BCUT2D eigenvalue weighted by atomic mass is 9.95. The Balaban J connectivity index is 1.44. The van der Waals surface area contributed by atoms with Gasteiger partial charge < -0.3 is 14.9 Å². The summed E-state index contributed by atoms with van der Waals surface area (Å²) in [6.45, 7) is 7.19. The zero-order valence-corrected chi connectivity index (χ0v) is 13.0. The Kier molecular flexibility index (Phi) is 4.97. The number of likely N-dealkylation sites (tertiary alicyclic amines) is 3. The number of hydrogen-bond donors (Lipinski definition) is 1. The van der Waals surface area contributed by atoms with Gasteiger partial charge in [0, 0.05) is 18.6 Å². The molecule has 0 spiro atoms. The molecule has 0 aromatic rings. The quantitative estimate of drug-likeness (QED) is 0.818. The maximum atomic E-state index is 9.83. The highest BCUT2D eigenvalue weighted by atomic mass is 16.3. The van der Waals surface area contributed by atoms with E-state index in [-0.39, 0.29) is 6.10 Å². The van der Waals surface area contributed by atoms with Gasteiger partial charge in [-0.05, 0) is 78.3 Å². The fourth-order valence-electron chi connectivity index (χ4n) is 4.29. The molecular formula is C16H31N3O. The van der Waals surface area contributed by atoms with Crippen LogP contribution in [0.4, 0.5) is 0 Å². The third kappa shape index (κ3) is 3.53. The standard InChI is InChI=1S/C16H31N3O/c1-17-9-4-14(5-10-17)18-11-6-15(7-12-18)19-8-2-3-16(20)13-19/h14-16,20H,2-13H2,1H3. The molecule has 3 aliphatic heterocycles. The topological polar surface area (TPSA) is 30.0 Å². The van der Waals surface area contributed by atoms with Crippen molar-refractivity contribution >= 4 is 0 Å². The Morgan fingerprint density at radius 1 is 0.750 bits per heavy atom. The lowest BCUT2D eigenvalue weighted by Crippen LogP contribution is -2.52. The minimum atomic E-state index is -0.0735. The zero-order chi connectivity index (χ0) is 13.9. The van der Waals surface area contributed by atoms with Crippen LogP contribution in [-0.4, -0.2) is 84.3 Å². The SMILES string of the molecule is CN1CCC(N2CCC(N3CCCC(O)C3)CC2)CC1. The van der Waals surface area contributed by atoms with Crippen molar-refractivity contribution < 1.29 is 5.11 Å². The van der Waals surface area contributed by atoms with Crippen molar-refractivity contribution in [2.45, 2.75) is 56.7 Å². The minimum absolute atomic E-state index is 0.0735. The average Bonchev–Trinajstić information content (AvgIpc) is 2.48. The number of rotatable bonds is 2. The van der Waals surface area contributed by atoms with E-state index in [4.69, 9.17) is 0 Å². The fraction of sp³-hybridized carbons (Fsp3) is 1.00. The first-order valence-electron chi connectivity index (χ1n) is 8.57. The lowest BCUT2D eigenvalue weighted by Gasteiger charge is -2.45. The molecule has 0 amide bonds. The second-order valence-electron chi connectivity index (χ2n) is 7.09. The summed E-state index contributed by atoms with van der Waals surface area (Å²) in [5, 5.41) is 9.83. The Labute approximate surface area is 123 Å². The van der Waals surface area contributed by atoms with Gasteiger partial charge in [-0.1, -0.05) is 0 Å². The molecule has 1 atom stereocenters. The first-order chi connectivity index (χ1) is 9.72. The lowest BCUT2D eigenvalue weighted by molar-refractivity contribution is 0.0132. The van der Waals surface area contributed by atoms with Crippen molar-refractivity contribution in [2.24, 2.45) is 0 Å². The van der Waals surface area contributed by atoms with Gasteiger partial charge in [0.15, 0.2) is 0 Å². The fourth-order valence-corrected chi connectivity index (χ4v) is 4.29. The van der Waals surface area contributed by atoms with Gasteiger partial charge >= 0.3 is 0 Å². The van der Waals surface area contributed by atoms with E-state index >= 15 is 0 Å². The van der Waals surface area contributed by atoms with E-state index in [1.807, 2.05) is 0 Å². The number of β-amino-alcohol motifs (C(OH)–C–C–N with tert-alkyl or cyclic N) is 1. The Hall–Kier alpha value is -0.160. The molecule has 0 radical (unpaired) electrons. The molecular weight excluding hydrogens is 250 g/mol. The van der Waals surface area contributed by atoms with Gasteiger partial charge in [-0.3, -0.25) is 4.90 Å². The molecule has 1 unspecified atom stereocenters. The summed E-state index contributed by atoms with van der Waals surface area (Å²) in [5.41, 5.74) is 0. The van der Waals surface area contributed by atoms with E-state index < -0.39 is 0 Å². The van der Waals surface area contributed by atoms with Crippen molar-refractivity contribution in [3.63, 3.8) is 0 Å². The Morgan fingerprint density at radius 2 is 1.35 bits per heavy atom. The van der Waals surface area contributed by atoms with Crippen LogP contribution in [-0.2, 0) is 0 Å². The van der Waals surface area contributed by atoms with E-state index in [0.29, 0.717) is 0 Å². The number of aliphatic hydroxyl groups is 1. The summed E-state index contributed by atoms with van der Waals surface area (Å²) in [7, 11) is 2.24. The molecule has 1 N–H and O–H groups in total. The predicted octanol–water partition coefficient (Wildman–Crippen LogP) is 1.00. The maximum absolute atomic E-state index is 9.83. The molecule has 4 heteroatoms. The van der Waals surface area contributed by atoms with Gasteiger partial charge in [0.25, 0.3) is 0 Å². The van der Waals surface area contributed by atoms with E-state index in [2.05, 4.69) is 21.7 Å². The van der Waals surface area contributed by atoms with Gasteiger partial charge in [-0.25, -0.2) is 0 Å². The van der Waals surface area contributed by atoms with Crippen LogP contribution in [0.15, 0.2) is 0 Å². The van der Waals surface area contributed by atoms with Gasteiger partial charge in [0.2, 0.25) is 0 Å². The molecule has 0 saturated carbocycles. The van der Waals surface area contributed by atoms with Crippen LogP contribution in [0.25, 0.3) is 0 Å². The predicted molar refractivity (Wildman–Crippen MR) is 81.9 cm³/mol. The number of piperidine rings is 3. The van der Waals surface area contributed by atoms with Crippen LogP contribution in [0.1, 0.15) is 38.5 Å². The summed E-state index contributed by atoms with van der Waals surface area (Å²) >= 11 is 0. The summed E-state index contributed by atoms with van der Waals surface area (Å²) in [6, 6.07) is 1.56. The summed E-state index contributed by atoms with van der Waals surface area (Å²) in [5.74, 6) is 0. The highest BCUT2D eigenvalue weighted by molar-refractivity contribution is 4.87. The van der Waals surface area contributed by atoms with Crippen LogP contribution in [0, 0.1) is 0 Å². The van der Waals surface area contributed by atoms with Crippen molar-refractivity contribution in [1.29, 1.82) is 0 Å². The second kappa shape index (κ2) is 6.73. The Bertz CT molecular complexity index is 296. The third-order valence-corrected chi connectivity index (χ3v) is 5.65. The molecule has 0 aliphatic carbocycles. The van der Waals surface area contributed by atoms with Gasteiger partial charge in [-0.15, -0.1) is 0 Å². The highest BCUT2D eigenvalue weighted by Crippen LogP contribution is 2.24. The minimum Gasteiger partial charge on any atom is -0.392 e. The second-order valence-corrected chi connectivity index (χ2v) is 7.09. The van der Waals surface area contributed by atoms with Gasteiger partial charge in [0.05, 0.1) is 6.10 Å². The largest absolute Gasteiger partial charge is 0.392 e. The van der Waals surface area contributed by atoms with Crippen molar-refractivity contribution in [3.8, 4) is 0 Å². The summed E-state index contributed by atoms with van der Waals surface area (Å²) < 4.78 is 0.